The van der Waals surface area contributed by atoms with Crippen LogP contribution in [-0.4, -0.2) is 62.2 Å². The number of aromatic amines is 1. The number of hydrogen-bond acceptors (Lipinski definition) is 7. The molecule has 3 aromatic carbocycles. The number of imidazole rings is 1. The number of carboxylic acids is 1. The van der Waals surface area contributed by atoms with Crippen LogP contribution < -0.4 is 16.0 Å². The lowest BCUT2D eigenvalue weighted by molar-refractivity contribution is -0.142. The molecule has 3 amide bonds. The molecule has 3 atom stereocenters. The lowest BCUT2D eigenvalue weighted by Gasteiger charge is -2.24. The minimum absolute atomic E-state index is 0.00553. The first kappa shape index (κ1) is 31.3. The van der Waals surface area contributed by atoms with Gasteiger partial charge in [0.1, 0.15) is 30.5 Å². The van der Waals surface area contributed by atoms with Crippen molar-refractivity contribution in [2.24, 2.45) is 0 Å². The van der Waals surface area contributed by atoms with Crippen LogP contribution in [0.4, 0.5) is 4.79 Å². The van der Waals surface area contributed by atoms with E-state index in [-0.39, 0.29) is 31.6 Å². The van der Waals surface area contributed by atoms with Gasteiger partial charge in [0.05, 0.1) is 6.33 Å². The van der Waals surface area contributed by atoms with Crippen molar-refractivity contribution in [1.82, 2.24) is 25.9 Å². The Morgan fingerprint density at radius 3 is 1.84 bits per heavy atom. The predicted molar refractivity (Wildman–Crippen MR) is 159 cm³/mol. The third-order valence-corrected chi connectivity index (χ3v) is 6.71. The number of ether oxygens (including phenoxy) is 1. The number of aromatic nitrogens is 2. The molecule has 0 unspecified atom stereocenters. The standard InChI is InChI=1S/C32H33N5O7/c38-25-13-11-22(12-14-25)15-26(29(39)36-28(31(41)42)16-21-7-3-1-4-8-21)35-30(40)27(17-24-18-33-20-34-24)37-32(43)44-19-23-9-5-2-6-10-23/h1-14,18,20,26-28,38H,15-17,19H2,(H,33,34)(H,35,40)(H,36,39)(H,37,43)(H,41,42)/t26-,27-,28-/m0/s1. The van der Waals surface area contributed by atoms with E-state index in [1.54, 1.807) is 66.7 Å². The van der Waals surface area contributed by atoms with Crippen molar-refractivity contribution >= 4 is 23.9 Å². The molecule has 0 aliphatic heterocycles. The van der Waals surface area contributed by atoms with Crippen LogP contribution in [0.25, 0.3) is 0 Å². The Morgan fingerprint density at radius 2 is 1.25 bits per heavy atom. The van der Waals surface area contributed by atoms with Gasteiger partial charge in [-0.3, -0.25) is 9.59 Å². The molecule has 0 bridgehead atoms. The smallest absolute Gasteiger partial charge is 0.408 e. The van der Waals surface area contributed by atoms with E-state index in [0.29, 0.717) is 16.8 Å². The summed E-state index contributed by atoms with van der Waals surface area (Å²) in [5.41, 5.74) is 2.60. The Hall–Kier alpha value is -5.65. The highest BCUT2D eigenvalue weighted by molar-refractivity contribution is 5.93. The largest absolute Gasteiger partial charge is 0.508 e. The van der Waals surface area contributed by atoms with Gasteiger partial charge < -0.3 is 35.9 Å². The molecule has 0 aliphatic carbocycles. The van der Waals surface area contributed by atoms with E-state index in [4.69, 9.17) is 4.74 Å². The van der Waals surface area contributed by atoms with E-state index < -0.39 is 42.0 Å². The van der Waals surface area contributed by atoms with Crippen LogP contribution in [0.3, 0.4) is 0 Å². The van der Waals surface area contributed by atoms with Crippen molar-refractivity contribution in [3.63, 3.8) is 0 Å². The summed E-state index contributed by atoms with van der Waals surface area (Å²) in [6, 6.07) is 20.2. The van der Waals surface area contributed by atoms with Crippen LogP contribution >= 0.6 is 0 Å². The maximum atomic E-state index is 13.6. The van der Waals surface area contributed by atoms with Crippen molar-refractivity contribution in [2.45, 2.75) is 44.0 Å². The van der Waals surface area contributed by atoms with Crippen LogP contribution in [0.5, 0.6) is 5.75 Å². The minimum atomic E-state index is -1.27. The number of nitrogens with one attached hydrogen (secondary N) is 4. The van der Waals surface area contributed by atoms with E-state index in [1.165, 1.54) is 24.7 Å². The van der Waals surface area contributed by atoms with Gasteiger partial charge in [-0.05, 0) is 28.8 Å². The summed E-state index contributed by atoms with van der Waals surface area (Å²) in [5, 5.41) is 27.3. The molecule has 4 rings (SSSR count). The number of rotatable bonds is 14. The SMILES string of the molecule is O=C(N[C@@H](Cc1cnc[nH]1)C(=O)N[C@@H](Cc1ccc(O)cc1)C(=O)N[C@@H](Cc1ccccc1)C(=O)O)OCc1ccccc1. The number of alkyl carbamates (subject to hydrolysis) is 1. The molecule has 1 heterocycles. The Bertz CT molecular complexity index is 1510. The third-order valence-electron chi connectivity index (χ3n) is 6.71. The highest BCUT2D eigenvalue weighted by Gasteiger charge is 2.30. The number of carbonyl (C=O) groups is 4. The Kier molecular flexibility index (Phi) is 11.1. The molecule has 0 aliphatic rings. The molecule has 44 heavy (non-hydrogen) atoms. The number of phenolic OH excluding ortho intramolecular Hbond substituents is 1. The van der Waals surface area contributed by atoms with Gasteiger partial charge in [0, 0.05) is 31.2 Å². The molecule has 12 heteroatoms. The number of benzene rings is 3. The normalized spacial score (nSPS) is 12.7. The minimum Gasteiger partial charge on any atom is -0.508 e. The second-order valence-corrected chi connectivity index (χ2v) is 10.1. The molecule has 0 fully saturated rings. The van der Waals surface area contributed by atoms with Crippen molar-refractivity contribution < 1.29 is 34.1 Å². The van der Waals surface area contributed by atoms with E-state index in [0.717, 1.165) is 5.56 Å². The Morgan fingerprint density at radius 1 is 0.705 bits per heavy atom. The quantitative estimate of drug-likeness (QED) is 0.128. The molecule has 228 valence electrons. The number of H-pyrrole nitrogens is 1. The van der Waals surface area contributed by atoms with Gasteiger partial charge in [0.2, 0.25) is 11.8 Å². The summed E-state index contributed by atoms with van der Waals surface area (Å²) < 4.78 is 5.30. The van der Waals surface area contributed by atoms with Crippen LogP contribution in [0, 0.1) is 0 Å². The van der Waals surface area contributed by atoms with E-state index >= 15 is 0 Å². The van der Waals surface area contributed by atoms with Crippen molar-refractivity contribution in [3.05, 3.63) is 120 Å². The van der Waals surface area contributed by atoms with Gasteiger partial charge in [-0.1, -0.05) is 72.8 Å². The number of nitrogens with zero attached hydrogens (tertiary/aromatic N) is 1. The van der Waals surface area contributed by atoms with Gasteiger partial charge in [-0.2, -0.15) is 0 Å². The first-order chi connectivity index (χ1) is 21.3. The fraction of sp³-hybridized carbons (Fsp3) is 0.219. The zero-order valence-electron chi connectivity index (χ0n) is 23.7. The number of aromatic hydroxyl groups is 1. The summed E-state index contributed by atoms with van der Waals surface area (Å²) in [4.78, 5) is 58.7. The topological polar surface area (TPSA) is 183 Å². The average molecular weight is 600 g/mol. The molecule has 4 aromatic rings. The van der Waals surface area contributed by atoms with Gasteiger partial charge in [-0.25, -0.2) is 14.6 Å². The molecule has 0 saturated heterocycles. The van der Waals surface area contributed by atoms with E-state index in [1.807, 2.05) is 6.07 Å². The number of carboxylic acid groups (broad SMARTS) is 1. The van der Waals surface area contributed by atoms with Crippen LogP contribution in [-0.2, 0) is 45.0 Å². The lowest BCUT2D eigenvalue weighted by atomic mass is 10.0. The van der Waals surface area contributed by atoms with Crippen molar-refractivity contribution in [1.29, 1.82) is 0 Å². The fourth-order valence-electron chi connectivity index (χ4n) is 4.40. The monoisotopic (exact) mass is 599 g/mol. The van der Waals surface area contributed by atoms with Gasteiger partial charge >= 0.3 is 12.1 Å². The third kappa shape index (κ3) is 9.72. The molecule has 1 aromatic heterocycles. The molecule has 0 spiro atoms. The number of amides is 3. The van der Waals surface area contributed by atoms with Crippen molar-refractivity contribution in [2.75, 3.05) is 0 Å². The van der Waals surface area contributed by atoms with Crippen LogP contribution in [0.15, 0.2) is 97.5 Å². The van der Waals surface area contributed by atoms with Crippen molar-refractivity contribution in [3.8, 4) is 5.75 Å². The van der Waals surface area contributed by atoms with Crippen LogP contribution in [0.2, 0.25) is 0 Å². The first-order valence-electron chi connectivity index (χ1n) is 13.9. The predicted octanol–water partition coefficient (Wildman–Crippen LogP) is 2.49. The molecule has 6 N–H and O–H groups in total. The van der Waals surface area contributed by atoms with Gasteiger partial charge in [0.15, 0.2) is 0 Å². The van der Waals surface area contributed by atoms with E-state index in [9.17, 15) is 29.4 Å². The lowest BCUT2D eigenvalue weighted by Crippen LogP contribution is -2.57. The Balaban J connectivity index is 1.51. The molecule has 0 saturated carbocycles. The molecule has 0 radical (unpaired) electrons. The molecule has 12 nitrogen and oxygen atoms in total. The highest BCUT2D eigenvalue weighted by Crippen LogP contribution is 2.13. The zero-order valence-corrected chi connectivity index (χ0v) is 23.7. The number of phenols is 1. The second-order valence-electron chi connectivity index (χ2n) is 10.1. The molecular formula is C32H33N5O7. The maximum absolute atomic E-state index is 13.6. The zero-order chi connectivity index (χ0) is 31.3. The second kappa shape index (κ2) is 15.5. The van der Waals surface area contributed by atoms with Gasteiger partial charge in [-0.15, -0.1) is 0 Å². The number of carbonyl (C=O) groups excluding carboxylic acids is 3. The highest BCUT2D eigenvalue weighted by atomic mass is 16.5. The summed E-state index contributed by atoms with van der Waals surface area (Å²) in [7, 11) is 0. The first-order valence-corrected chi connectivity index (χ1v) is 13.9. The average Bonchev–Trinajstić information content (AvgIpc) is 3.54. The fourth-order valence-corrected chi connectivity index (χ4v) is 4.40. The maximum Gasteiger partial charge on any atom is 0.408 e. The summed E-state index contributed by atoms with van der Waals surface area (Å²) in [6.45, 7) is -0.0189. The Labute approximate surface area is 253 Å². The van der Waals surface area contributed by atoms with E-state index in [2.05, 4.69) is 25.9 Å². The summed E-state index contributed by atoms with van der Waals surface area (Å²) in [6.07, 6.45) is 2.09. The van der Waals surface area contributed by atoms with Crippen LogP contribution in [0.1, 0.15) is 22.4 Å². The summed E-state index contributed by atoms with van der Waals surface area (Å²) in [5.74, 6) is -2.66. The summed E-state index contributed by atoms with van der Waals surface area (Å²) >= 11 is 0. The number of aliphatic carboxylic acids is 1. The number of hydrogen-bond donors (Lipinski definition) is 6. The molecular weight excluding hydrogens is 566 g/mol. The van der Waals surface area contributed by atoms with Gasteiger partial charge in [0.25, 0.3) is 0 Å².